The maximum absolute atomic E-state index is 11.3. The van der Waals surface area contributed by atoms with Crippen molar-refractivity contribution in [2.45, 2.75) is 12.5 Å². The topological polar surface area (TPSA) is 170 Å². The first-order chi connectivity index (χ1) is 11.7. The van der Waals surface area contributed by atoms with Gasteiger partial charge in [-0.2, -0.15) is 0 Å². The summed E-state index contributed by atoms with van der Waals surface area (Å²) in [5.74, 6) is -1.45. The molecule has 0 amide bonds. The minimum atomic E-state index is -1.25. The van der Waals surface area contributed by atoms with E-state index >= 15 is 0 Å². The number of carbonyl (C=O) groups is 1. The molecule has 0 spiro atoms. The van der Waals surface area contributed by atoms with Crippen LogP contribution in [0.2, 0.25) is 0 Å². The van der Waals surface area contributed by atoms with E-state index in [1.807, 2.05) is 0 Å². The molecule has 2 aromatic carbocycles. The number of carboxylic acids is 1. The summed E-state index contributed by atoms with van der Waals surface area (Å²) in [6, 6.07) is 5.75. The number of rotatable bonds is 6. The first-order valence-corrected chi connectivity index (χ1v) is 6.94. The number of phenolic OH excluding ortho intramolecular Hbond substituents is 1. The van der Waals surface area contributed by atoms with Gasteiger partial charge in [0.05, 0.1) is 21.5 Å². The Hall–Kier alpha value is -3.53. The fourth-order valence-electron chi connectivity index (χ4n) is 2.33. The number of aromatic hydroxyl groups is 1. The van der Waals surface area contributed by atoms with Crippen molar-refractivity contribution < 1.29 is 24.9 Å². The summed E-state index contributed by atoms with van der Waals surface area (Å²) < 4.78 is 0. The number of carboxylic acid groups (broad SMARTS) is 1. The maximum atomic E-state index is 11.3. The van der Waals surface area contributed by atoms with Gasteiger partial charge in [0.25, 0.3) is 11.4 Å². The van der Waals surface area contributed by atoms with Crippen LogP contribution >= 0.6 is 0 Å². The number of hydrogen-bond donors (Lipinski definition) is 3. The standard InChI is InChI=1S/C15H13N3O7/c16-13(15(20)21)5-8-1-3-10(19)7-12(8)11-4-2-9(17(22)23)6-14(11)18(24)25/h1-4,6-7,13,19H,5,16H2,(H,20,21)/t13-/m1/s1. The quantitative estimate of drug-likeness (QED) is 0.524. The molecular formula is C15H13N3O7. The number of benzene rings is 2. The molecule has 0 saturated heterocycles. The second-order valence-electron chi connectivity index (χ2n) is 5.21. The van der Waals surface area contributed by atoms with Gasteiger partial charge in [0.1, 0.15) is 11.8 Å². The summed E-state index contributed by atoms with van der Waals surface area (Å²) in [5, 5.41) is 40.8. The molecule has 2 aromatic rings. The van der Waals surface area contributed by atoms with E-state index < -0.39 is 33.2 Å². The SMILES string of the molecule is N[C@H](Cc1ccc(O)cc1-c1ccc([N+](=O)[O-])cc1[N+](=O)[O-])C(=O)O. The highest BCUT2D eigenvalue weighted by Gasteiger charge is 2.24. The van der Waals surface area contributed by atoms with Crippen LogP contribution in [0.25, 0.3) is 11.1 Å². The number of nitrogens with two attached hydrogens (primary N) is 1. The summed E-state index contributed by atoms with van der Waals surface area (Å²) in [4.78, 5) is 31.5. The first-order valence-electron chi connectivity index (χ1n) is 6.94. The lowest BCUT2D eigenvalue weighted by Gasteiger charge is -2.13. The van der Waals surface area contributed by atoms with Crippen LogP contribution in [0.1, 0.15) is 5.56 Å². The van der Waals surface area contributed by atoms with E-state index in [1.165, 1.54) is 24.3 Å². The zero-order valence-electron chi connectivity index (χ0n) is 12.7. The molecule has 0 bridgehead atoms. The lowest BCUT2D eigenvalue weighted by molar-refractivity contribution is -0.393. The average molecular weight is 347 g/mol. The summed E-state index contributed by atoms with van der Waals surface area (Å²) >= 11 is 0. The molecule has 4 N–H and O–H groups in total. The molecule has 0 aliphatic carbocycles. The predicted molar refractivity (Wildman–Crippen MR) is 86.2 cm³/mol. The third-order valence-electron chi connectivity index (χ3n) is 3.53. The monoisotopic (exact) mass is 347 g/mol. The van der Waals surface area contributed by atoms with E-state index in [2.05, 4.69) is 0 Å². The Bertz CT molecular complexity index is 866. The number of nitrogens with zero attached hydrogens (tertiary/aromatic N) is 2. The fourth-order valence-corrected chi connectivity index (χ4v) is 2.33. The molecule has 130 valence electrons. The lowest BCUT2D eigenvalue weighted by atomic mass is 9.93. The van der Waals surface area contributed by atoms with Gasteiger partial charge in [-0.1, -0.05) is 6.07 Å². The number of hydrogen-bond acceptors (Lipinski definition) is 7. The minimum Gasteiger partial charge on any atom is -0.508 e. The van der Waals surface area contributed by atoms with Crippen molar-refractivity contribution in [1.82, 2.24) is 0 Å². The highest BCUT2D eigenvalue weighted by molar-refractivity contribution is 5.80. The van der Waals surface area contributed by atoms with E-state index in [-0.39, 0.29) is 23.3 Å². The molecule has 0 heterocycles. The number of nitro groups is 2. The van der Waals surface area contributed by atoms with E-state index in [4.69, 9.17) is 10.8 Å². The van der Waals surface area contributed by atoms with Gasteiger partial charge in [-0.3, -0.25) is 25.0 Å². The number of phenols is 1. The molecule has 0 aromatic heterocycles. The molecule has 1 atom stereocenters. The second kappa shape index (κ2) is 6.93. The van der Waals surface area contributed by atoms with E-state index in [0.717, 1.165) is 12.1 Å². The van der Waals surface area contributed by atoms with Gasteiger partial charge in [-0.25, -0.2) is 0 Å². The zero-order chi connectivity index (χ0) is 18.7. The Balaban J connectivity index is 2.64. The fraction of sp³-hybridized carbons (Fsp3) is 0.133. The molecule has 25 heavy (non-hydrogen) atoms. The maximum Gasteiger partial charge on any atom is 0.320 e. The molecule has 0 saturated carbocycles. The molecule has 0 unspecified atom stereocenters. The van der Waals surface area contributed by atoms with Crippen molar-refractivity contribution in [3.8, 4) is 16.9 Å². The van der Waals surface area contributed by atoms with Crippen LogP contribution in [0.15, 0.2) is 36.4 Å². The Labute approximate surface area is 140 Å². The average Bonchev–Trinajstić information content (AvgIpc) is 2.55. The van der Waals surface area contributed by atoms with Gasteiger partial charge < -0.3 is 15.9 Å². The van der Waals surface area contributed by atoms with Gasteiger partial charge in [0, 0.05) is 6.07 Å². The molecule has 0 aliphatic rings. The van der Waals surface area contributed by atoms with Crippen molar-refractivity contribution in [3.63, 3.8) is 0 Å². The van der Waals surface area contributed by atoms with Crippen molar-refractivity contribution in [1.29, 1.82) is 0 Å². The molecule has 0 radical (unpaired) electrons. The van der Waals surface area contributed by atoms with Crippen LogP contribution in [0.5, 0.6) is 5.75 Å². The van der Waals surface area contributed by atoms with E-state index in [1.54, 1.807) is 0 Å². The van der Waals surface area contributed by atoms with Gasteiger partial charge in [-0.15, -0.1) is 0 Å². The minimum absolute atomic E-state index is 0.0130. The van der Waals surface area contributed by atoms with Gasteiger partial charge in [0.15, 0.2) is 0 Å². The van der Waals surface area contributed by atoms with Crippen LogP contribution in [0.3, 0.4) is 0 Å². The Morgan fingerprint density at radius 2 is 1.76 bits per heavy atom. The van der Waals surface area contributed by atoms with Gasteiger partial charge in [0.2, 0.25) is 0 Å². The molecule has 0 fully saturated rings. The number of non-ortho nitro benzene ring substituents is 1. The number of aliphatic carboxylic acids is 1. The summed E-state index contributed by atoms with van der Waals surface area (Å²) in [7, 11) is 0. The van der Waals surface area contributed by atoms with Crippen molar-refractivity contribution >= 4 is 17.3 Å². The van der Waals surface area contributed by atoms with Crippen LogP contribution in [0, 0.1) is 20.2 Å². The summed E-state index contributed by atoms with van der Waals surface area (Å²) in [6.07, 6.45) is -0.140. The third kappa shape index (κ3) is 3.87. The largest absolute Gasteiger partial charge is 0.508 e. The zero-order valence-corrected chi connectivity index (χ0v) is 12.7. The number of nitro benzene ring substituents is 2. The highest BCUT2D eigenvalue weighted by Crippen LogP contribution is 2.37. The van der Waals surface area contributed by atoms with Crippen LogP contribution < -0.4 is 5.73 Å². The molecule has 0 aliphatic heterocycles. The summed E-state index contributed by atoms with van der Waals surface area (Å²) in [5.41, 5.74) is 5.06. The highest BCUT2D eigenvalue weighted by atomic mass is 16.6. The van der Waals surface area contributed by atoms with Crippen molar-refractivity contribution in [3.05, 3.63) is 62.2 Å². The van der Waals surface area contributed by atoms with Crippen LogP contribution in [0.4, 0.5) is 11.4 Å². The second-order valence-corrected chi connectivity index (χ2v) is 5.21. The van der Waals surface area contributed by atoms with E-state index in [9.17, 15) is 30.1 Å². The Morgan fingerprint density at radius 3 is 2.32 bits per heavy atom. The lowest BCUT2D eigenvalue weighted by Crippen LogP contribution is -2.32. The molecule has 10 nitrogen and oxygen atoms in total. The predicted octanol–water partition coefficient (Wildman–Crippen LogP) is 1.83. The van der Waals surface area contributed by atoms with Crippen molar-refractivity contribution in [2.24, 2.45) is 5.73 Å². The molecular weight excluding hydrogens is 334 g/mol. The van der Waals surface area contributed by atoms with Gasteiger partial charge in [-0.05, 0) is 35.7 Å². The Morgan fingerprint density at radius 1 is 1.08 bits per heavy atom. The first kappa shape index (κ1) is 17.8. The Kier molecular flexibility index (Phi) is 4.94. The molecule has 2 rings (SSSR count). The van der Waals surface area contributed by atoms with E-state index in [0.29, 0.717) is 5.56 Å². The third-order valence-corrected chi connectivity index (χ3v) is 3.53. The smallest absolute Gasteiger partial charge is 0.320 e. The molecule has 10 heteroatoms. The van der Waals surface area contributed by atoms with Crippen molar-refractivity contribution in [2.75, 3.05) is 0 Å². The van der Waals surface area contributed by atoms with Crippen LogP contribution in [-0.4, -0.2) is 32.1 Å². The summed E-state index contributed by atoms with van der Waals surface area (Å²) in [6.45, 7) is 0. The van der Waals surface area contributed by atoms with Gasteiger partial charge >= 0.3 is 5.97 Å². The van der Waals surface area contributed by atoms with Crippen LogP contribution in [-0.2, 0) is 11.2 Å². The normalized spacial score (nSPS) is 11.7.